The van der Waals surface area contributed by atoms with Gasteiger partial charge in [0.15, 0.2) is 0 Å². The van der Waals surface area contributed by atoms with Crippen molar-refractivity contribution >= 4 is 0 Å². The van der Waals surface area contributed by atoms with E-state index in [0.717, 1.165) is 0 Å². The normalized spacial score (nSPS) is 14.7. The predicted octanol–water partition coefficient (Wildman–Crippen LogP) is 3.47. The van der Waals surface area contributed by atoms with Gasteiger partial charge in [-0.25, -0.2) is 8.78 Å². The molecule has 18 heavy (non-hydrogen) atoms. The molecule has 0 aliphatic heterocycles. The molecule has 0 unspecified atom stereocenters. The van der Waals surface area contributed by atoms with Crippen LogP contribution in [0.15, 0.2) is 0 Å². The van der Waals surface area contributed by atoms with Crippen molar-refractivity contribution in [2.45, 2.75) is 65.0 Å². The lowest BCUT2D eigenvalue weighted by Crippen LogP contribution is -2.47. The van der Waals surface area contributed by atoms with Crippen molar-refractivity contribution in [1.82, 2.24) is 9.80 Å². The van der Waals surface area contributed by atoms with Gasteiger partial charge in [-0.1, -0.05) is 0 Å². The Morgan fingerprint density at radius 1 is 0.778 bits per heavy atom. The van der Waals surface area contributed by atoms with E-state index in [9.17, 15) is 8.78 Å². The Hall–Kier alpha value is -0.220. The third kappa shape index (κ3) is 6.64. The van der Waals surface area contributed by atoms with E-state index in [4.69, 9.17) is 0 Å². The predicted molar refractivity (Wildman–Crippen MR) is 74.3 cm³/mol. The van der Waals surface area contributed by atoms with Gasteiger partial charge in [0.25, 0.3) is 5.92 Å². The van der Waals surface area contributed by atoms with Gasteiger partial charge in [0.2, 0.25) is 0 Å². The molecule has 2 nitrogen and oxygen atoms in total. The Morgan fingerprint density at radius 2 is 1.17 bits per heavy atom. The molecule has 110 valence electrons. The Balaban J connectivity index is 4.33. The summed E-state index contributed by atoms with van der Waals surface area (Å²) in [7, 11) is 3.64. The van der Waals surface area contributed by atoms with Crippen LogP contribution < -0.4 is 0 Å². The van der Waals surface area contributed by atoms with Gasteiger partial charge in [-0.05, 0) is 55.6 Å². The van der Waals surface area contributed by atoms with Crippen LogP contribution in [0.5, 0.6) is 0 Å². The maximum absolute atomic E-state index is 13.9. The van der Waals surface area contributed by atoms with Crippen LogP contribution in [-0.4, -0.2) is 54.0 Å². The number of alkyl halides is 2. The van der Waals surface area contributed by atoms with Crippen LogP contribution in [0.25, 0.3) is 0 Å². The fraction of sp³-hybridized carbons (Fsp3) is 1.00. The van der Waals surface area contributed by atoms with Crippen molar-refractivity contribution < 1.29 is 8.78 Å². The molecular formula is C14H30F2N2. The summed E-state index contributed by atoms with van der Waals surface area (Å²) < 4.78 is 27.8. The fourth-order valence-corrected chi connectivity index (χ4v) is 1.33. The first-order chi connectivity index (χ1) is 7.76. The molecule has 0 fully saturated rings. The van der Waals surface area contributed by atoms with Crippen LogP contribution in [0.1, 0.15) is 48.0 Å². The number of halogens is 2. The van der Waals surface area contributed by atoms with Crippen molar-refractivity contribution in [3.63, 3.8) is 0 Å². The van der Waals surface area contributed by atoms with Crippen molar-refractivity contribution in [3.8, 4) is 0 Å². The summed E-state index contributed by atoms with van der Waals surface area (Å²) in [6.45, 7) is 12.2. The monoisotopic (exact) mass is 264 g/mol. The zero-order valence-corrected chi connectivity index (χ0v) is 13.3. The van der Waals surface area contributed by atoms with E-state index in [1.165, 1.54) is 0 Å². The van der Waals surface area contributed by atoms with Crippen LogP contribution in [0.2, 0.25) is 0 Å². The molecule has 0 aromatic rings. The quantitative estimate of drug-likeness (QED) is 0.750. The first kappa shape index (κ1) is 17.8. The molecule has 0 saturated carbocycles. The summed E-state index contributed by atoms with van der Waals surface area (Å²) in [4.78, 5) is 3.68. The number of hydrogen-bond acceptors (Lipinski definition) is 2. The summed E-state index contributed by atoms with van der Waals surface area (Å²) in [5.41, 5.74) is -0.286. The van der Waals surface area contributed by atoms with Crippen LogP contribution in [-0.2, 0) is 0 Å². The summed E-state index contributed by atoms with van der Waals surface area (Å²) >= 11 is 0. The molecule has 0 aromatic heterocycles. The average molecular weight is 264 g/mol. The van der Waals surface area contributed by atoms with Gasteiger partial charge >= 0.3 is 0 Å². The van der Waals surface area contributed by atoms with E-state index in [1.54, 1.807) is 11.9 Å². The molecule has 4 heteroatoms. The minimum atomic E-state index is -2.64. The molecule has 0 bridgehead atoms. The zero-order chi connectivity index (χ0) is 14.8. The Labute approximate surface area is 111 Å². The van der Waals surface area contributed by atoms with Crippen LogP contribution in [0.4, 0.5) is 8.78 Å². The van der Waals surface area contributed by atoms with E-state index in [1.807, 2.05) is 53.5 Å². The van der Waals surface area contributed by atoms with E-state index in [-0.39, 0.29) is 24.0 Å². The lowest BCUT2D eigenvalue weighted by atomic mass is 10.0. The first-order valence-corrected chi connectivity index (χ1v) is 6.56. The Bertz CT molecular complexity index is 252. The second kappa shape index (κ2) is 5.83. The third-order valence-corrected chi connectivity index (χ3v) is 3.57. The van der Waals surface area contributed by atoms with Gasteiger partial charge in [-0.15, -0.1) is 0 Å². The zero-order valence-electron chi connectivity index (χ0n) is 13.3. The average Bonchev–Trinajstić information content (AvgIpc) is 2.10. The molecule has 0 aliphatic carbocycles. The second-order valence-corrected chi connectivity index (χ2v) is 7.23. The molecule has 0 spiro atoms. The molecule has 0 amide bonds. The van der Waals surface area contributed by atoms with Gasteiger partial charge in [-0.2, -0.15) is 0 Å². The maximum atomic E-state index is 13.9. The van der Waals surface area contributed by atoms with Crippen LogP contribution in [0.3, 0.4) is 0 Å². The molecule has 0 atom stereocenters. The minimum absolute atomic E-state index is 0.0635. The van der Waals surface area contributed by atoms with E-state index >= 15 is 0 Å². The van der Waals surface area contributed by atoms with Crippen molar-refractivity contribution in [2.24, 2.45) is 0 Å². The molecule has 0 heterocycles. The molecule has 0 N–H and O–H groups in total. The Morgan fingerprint density at radius 3 is 1.50 bits per heavy atom. The molecular weight excluding hydrogens is 234 g/mol. The van der Waals surface area contributed by atoms with Crippen molar-refractivity contribution in [1.29, 1.82) is 0 Å². The largest absolute Gasteiger partial charge is 0.301 e. The minimum Gasteiger partial charge on any atom is -0.301 e. The standard InChI is InChI=1S/C14H30F2N2/c1-12(2,3)17(7)10-9-14(15,16)11-18(8)13(4,5)6/h9-11H2,1-8H3. The molecule has 0 rings (SSSR count). The molecule has 0 aliphatic rings. The summed E-state index contributed by atoms with van der Waals surface area (Å²) in [5, 5.41) is 0. The smallest absolute Gasteiger partial charge is 0.261 e. The summed E-state index contributed by atoms with van der Waals surface area (Å²) in [6, 6.07) is 0. The van der Waals surface area contributed by atoms with E-state index in [2.05, 4.69) is 0 Å². The highest BCUT2D eigenvalue weighted by Crippen LogP contribution is 2.24. The maximum Gasteiger partial charge on any atom is 0.261 e. The molecule has 0 radical (unpaired) electrons. The van der Waals surface area contributed by atoms with Crippen molar-refractivity contribution in [2.75, 3.05) is 27.2 Å². The molecule has 0 aromatic carbocycles. The van der Waals surface area contributed by atoms with Crippen molar-refractivity contribution in [3.05, 3.63) is 0 Å². The summed E-state index contributed by atoms with van der Waals surface area (Å²) in [5.74, 6) is -2.64. The number of hydrogen-bond donors (Lipinski definition) is 0. The number of rotatable bonds is 5. The lowest BCUT2D eigenvalue weighted by Gasteiger charge is -2.36. The van der Waals surface area contributed by atoms with Gasteiger partial charge < -0.3 is 4.90 Å². The summed E-state index contributed by atoms with van der Waals surface area (Å²) in [6.07, 6.45) is -0.0960. The lowest BCUT2D eigenvalue weighted by molar-refractivity contribution is -0.0590. The van der Waals surface area contributed by atoms with Gasteiger partial charge in [0.05, 0.1) is 6.54 Å². The number of nitrogens with zero attached hydrogens (tertiary/aromatic N) is 2. The third-order valence-electron chi connectivity index (χ3n) is 3.57. The topological polar surface area (TPSA) is 6.48 Å². The highest BCUT2D eigenvalue weighted by Gasteiger charge is 2.34. The van der Waals surface area contributed by atoms with Gasteiger partial charge in [-0.3, -0.25) is 4.90 Å². The van der Waals surface area contributed by atoms with Crippen LogP contribution >= 0.6 is 0 Å². The fourth-order valence-electron chi connectivity index (χ4n) is 1.33. The van der Waals surface area contributed by atoms with E-state index < -0.39 is 5.92 Å². The molecule has 0 saturated heterocycles. The van der Waals surface area contributed by atoms with E-state index in [0.29, 0.717) is 6.54 Å². The Kier molecular flexibility index (Phi) is 5.75. The first-order valence-electron chi connectivity index (χ1n) is 6.56. The highest BCUT2D eigenvalue weighted by molar-refractivity contribution is 4.81. The second-order valence-electron chi connectivity index (χ2n) is 7.23. The van der Waals surface area contributed by atoms with Crippen LogP contribution in [0, 0.1) is 0 Å². The van der Waals surface area contributed by atoms with Gasteiger partial charge in [0, 0.05) is 24.0 Å². The SMILES string of the molecule is CN(CCC(F)(F)CN(C)C(C)(C)C)C(C)(C)C. The highest BCUT2D eigenvalue weighted by atomic mass is 19.3. The van der Waals surface area contributed by atoms with Gasteiger partial charge in [0.1, 0.15) is 0 Å².